The van der Waals surface area contributed by atoms with Crippen LogP contribution in [0.2, 0.25) is 0 Å². The lowest BCUT2D eigenvalue weighted by Gasteiger charge is -2.30. The van der Waals surface area contributed by atoms with Gasteiger partial charge in [0.25, 0.3) is 0 Å². The molecule has 0 heterocycles. The minimum atomic E-state index is 0.118. The summed E-state index contributed by atoms with van der Waals surface area (Å²) < 4.78 is 11.3. The van der Waals surface area contributed by atoms with Crippen LogP contribution in [0.4, 0.5) is 0 Å². The van der Waals surface area contributed by atoms with Gasteiger partial charge in [0, 0.05) is 5.41 Å². The summed E-state index contributed by atoms with van der Waals surface area (Å²) in [5, 5.41) is 2.58. The first-order valence-corrected chi connectivity index (χ1v) is 12.4. The summed E-state index contributed by atoms with van der Waals surface area (Å²) in [5.74, 6) is 5.36. The third-order valence-corrected chi connectivity index (χ3v) is 9.32. The number of ether oxygens (including phenoxy) is 2. The molecule has 0 aliphatic heterocycles. The van der Waals surface area contributed by atoms with Gasteiger partial charge in [-0.1, -0.05) is 38.8 Å². The van der Waals surface area contributed by atoms with E-state index in [1.54, 1.807) is 19.8 Å². The van der Waals surface area contributed by atoms with Crippen LogP contribution in [0.15, 0.2) is 48.5 Å². The standard InChI is InChI=1S/C30H34O2/c1-5-18-11-19(6-2)27-17-30(16-26(18)27)28-14-21-12-22(31-3)8-7-20(21)13-25(28)24-10-9-23(32-4)15-29(24)30/h7-10,12-15,18-19,26-27H,5-6,11,16-17H2,1-4H3. The van der Waals surface area contributed by atoms with Crippen molar-refractivity contribution >= 4 is 10.8 Å². The smallest absolute Gasteiger partial charge is 0.119 e. The molecule has 3 aliphatic carbocycles. The Hall–Kier alpha value is -2.48. The van der Waals surface area contributed by atoms with E-state index in [1.165, 1.54) is 59.6 Å². The Morgan fingerprint density at radius 1 is 0.719 bits per heavy atom. The van der Waals surface area contributed by atoms with E-state index in [-0.39, 0.29) is 5.41 Å². The fraction of sp³-hybridized carbons (Fsp3) is 0.467. The van der Waals surface area contributed by atoms with Crippen LogP contribution >= 0.6 is 0 Å². The third-order valence-electron chi connectivity index (χ3n) is 9.32. The van der Waals surface area contributed by atoms with E-state index in [1.807, 2.05) is 0 Å². The SMILES string of the molecule is CCC1CC(CC)C2CC3(CC12)c1cc(OC)ccc1-c1cc2ccc(OC)cc2cc13. The molecule has 3 aromatic rings. The lowest BCUT2D eigenvalue weighted by molar-refractivity contribution is 0.323. The summed E-state index contributed by atoms with van der Waals surface area (Å²) in [6, 6.07) is 18.2. The van der Waals surface area contributed by atoms with Crippen LogP contribution in [0.3, 0.4) is 0 Å². The average Bonchev–Trinajstić information content (AvgIpc) is 3.46. The summed E-state index contributed by atoms with van der Waals surface area (Å²) in [7, 11) is 3.55. The van der Waals surface area contributed by atoms with Crippen LogP contribution in [0.25, 0.3) is 21.9 Å². The van der Waals surface area contributed by atoms with E-state index < -0.39 is 0 Å². The number of methoxy groups -OCH3 is 2. The van der Waals surface area contributed by atoms with Gasteiger partial charge in [-0.2, -0.15) is 0 Å². The Kier molecular flexibility index (Phi) is 4.58. The number of hydrogen-bond acceptors (Lipinski definition) is 2. The molecular weight excluding hydrogens is 392 g/mol. The van der Waals surface area contributed by atoms with Gasteiger partial charge in [0.05, 0.1) is 14.2 Å². The number of hydrogen-bond donors (Lipinski definition) is 0. The zero-order valence-corrected chi connectivity index (χ0v) is 19.8. The summed E-state index contributed by atoms with van der Waals surface area (Å²) in [6.07, 6.45) is 6.65. The van der Waals surface area contributed by atoms with Crippen LogP contribution in [0.5, 0.6) is 11.5 Å². The largest absolute Gasteiger partial charge is 0.497 e. The zero-order valence-electron chi connectivity index (χ0n) is 19.8. The predicted octanol–water partition coefficient (Wildman–Crippen LogP) is 7.61. The Bertz CT molecular complexity index is 1170. The van der Waals surface area contributed by atoms with E-state index in [4.69, 9.17) is 9.47 Å². The van der Waals surface area contributed by atoms with Gasteiger partial charge in [0.1, 0.15) is 11.5 Å². The van der Waals surface area contributed by atoms with Gasteiger partial charge in [0.2, 0.25) is 0 Å². The Morgan fingerprint density at radius 2 is 1.34 bits per heavy atom. The summed E-state index contributed by atoms with van der Waals surface area (Å²) in [5.41, 5.74) is 6.02. The number of benzene rings is 3. The molecule has 0 radical (unpaired) electrons. The van der Waals surface area contributed by atoms with Gasteiger partial charge in [0.15, 0.2) is 0 Å². The molecule has 2 nitrogen and oxygen atoms in total. The van der Waals surface area contributed by atoms with E-state index >= 15 is 0 Å². The van der Waals surface area contributed by atoms with Crippen LogP contribution in [-0.4, -0.2) is 14.2 Å². The zero-order chi connectivity index (χ0) is 22.0. The molecular formula is C30H34O2. The Morgan fingerprint density at radius 3 is 2.00 bits per heavy atom. The average molecular weight is 427 g/mol. The van der Waals surface area contributed by atoms with Gasteiger partial charge >= 0.3 is 0 Å². The van der Waals surface area contributed by atoms with Crippen molar-refractivity contribution in [1.29, 1.82) is 0 Å². The molecule has 2 heteroatoms. The van der Waals surface area contributed by atoms with Gasteiger partial charge < -0.3 is 9.47 Å². The Labute approximate surface area is 191 Å². The highest BCUT2D eigenvalue weighted by molar-refractivity contribution is 5.94. The summed E-state index contributed by atoms with van der Waals surface area (Å²) in [4.78, 5) is 0. The van der Waals surface area contributed by atoms with Crippen molar-refractivity contribution in [3.8, 4) is 22.6 Å². The van der Waals surface area contributed by atoms with Crippen molar-refractivity contribution in [2.75, 3.05) is 14.2 Å². The normalized spacial score (nSPS) is 29.9. The second-order valence-electron chi connectivity index (χ2n) is 10.4. The molecule has 2 saturated carbocycles. The summed E-state index contributed by atoms with van der Waals surface area (Å²) >= 11 is 0. The molecule has 3 aromatic carbocycles. The molecule has 0 bridgehead atoms. The molecule has 2 fully saturated rings. The van der Waals surface area contributed by atoms with Crippen molar-refractivity contribution in [3.63, 3.8) is 0 Å². The van der Waals surface area contributed by atoms with E-state index in [0.29, 0.717) is 0 Å². The second kappa shape index (κ2) is 7.27. The molecule has 0 amide bonds. The van der Waals surface area contributed by atoms with Crippen LogP contribution in [0.1, 0.15) is 57.1 Å². The topological polar surface area (TPSA) is 18.5 Å². The van der Waals surface area contributed by atoms with Crippen molar-refractivity contribution < 1.29 is 9.47 Å². The molecule has 32 heavy (non-hydrogen) atoms. The van der Waals surface area contributed by atoms with E-state index in [2.05, 4.69) is 62.4 Å². The number of fused-ring (bicyclic) bond motifs is 7. The van der Waals surface area contributed by atoms with Crippen molar-refractivity contribution in [2.24, 2.45) is 23.7 Å². The van der Waals surface area contributed by atoms with Gasteiger partial charge in [-0.05, 0) is 112 Å². The second-order valence-corrected chi connectivity index (χ2v) is 10.4. The van der Waals surface area contributed by atoms with E-state index in [9.17, 15) is 0 Å². The quantitative estimate of drug-likeness (QED) is 0.427. The molecule has 4 atom stereocenters. The fourth-order valence-corrected chi connectivity index (χ4v) is 7.79. The maximum atomic E-state index is 5.71. The molecule has 0 saturated heterocycles. The predicted molar refractivity (Wildman–Crippen MR) is 132 cm³/mol. The minimum Gasteiger partial charge on any atom is -0.497 e. The molecule has 6 rings (SSSR count). The maximum absolute atomic E-state index is 5.71. The highest BCUT2D eigenvalue weighted by Gasteiger charge is 2.57. The van der Waals surface area contributed by atoms with Crippen molar-refractivity contribution in [3.05, 3.63) is 59.7 Å². The third kappa shape index (κ3) is 2.65. The lowest BCUT2D eigenvalue weighted by atomic mass is 9.73. The molecule has 1 spiro atoms. The van der Waals surface area contributed by atoms with Crippen LogP contribution < -0.4 is 9.47 Å². The first-order chi connectivity index (χ1) is 15.6. The van der Waals surface area contributed by atoms with Crippen molar-refractivity contribution in [2.45, 2.75) is 51.4 Å². The Balaban J connectivity index is 1.58. The monoisotopic (exact) mass is 426 g/mol. The first-order valence-electron chi connectivity index (χ1n) is 12.4. The van der Waals surface area contributed by atoms with Gasteiger partial charge in [-0.15, -0.1) is 0 Å². The molecule has 0 aromatic heterocycles. The highest BCUT2D eigenvalue weighted by atomic mass is 16.5. The van der Waals surface area contributed by atoms with Gasteiger partial charge in [-0.25, -0.2) is 0 Å². The maximum Gasteiger partial charge on any atom is 0.119 e. The van der Waals surface area contributed by atoms with E-state index in [0.717, 1.165) is 35.2 Å². The molecule has 166 valence electrons. The fourth-order valence-electron chi connectivity index (χ4n) is 7.79. The lowest BCUT2D eigenvalue weighted by Crippen LogP contribution is -2.24. The summed E-state index contributed by atoms with van der Waals surface area (Å²) in [6.45, 7) is 4.81. The minimum absolute atomic E-state index is 0.118. The highest BCUT2D eigenvalue weighted by Crippen LogP contribution is 2.66. The molecule has 4 unspecified atom stereocenters. The number of rotatable bonds is 4. The van der Waals surface area contributed by atoms with Crippen molar-refractivity contribution in [1.82, 2.24) is 0 Å². The first kappa shape index (κ1) is 20.1. The molecule has 3 aliphatic rings. The van der Waals surface area contributed by atoms with Gasteiger partial charge in [-0.3, -0.25) is 0 Å². The van der Waals surface area contributed by atoms with Crippen LogP contribution in [0, 0.1) is 23.7 Å². The molecule has 0 N–H and O–H groups in total. The van der Waals surface area contributed by atoms with Crippen LogP contribution in [-0.2, 0) is 5.41 Å².